The van der Waals surface area contributed by atoms with Crippen LogP contribution in [0.25, 0.3) is 0 Å². The molecule has 122 valence electrons. The SMILES string of the molecule is CCOC(=O)[C@@H]1N=C(c2ccccc2)c2cc(Cl)ccc2NC1=O. The highest BCUT2D eigenvalue weighted by Gasteiger charge is 2.32. The number of amides is 1. The standard InChI is InChI=1S/C18H15ClN2O3/c1-2-24-18(23)16-17(22)20-14-9-8-12(19)10-13(14)15(21-16)11-6-4-3-5-7-11/h3-10,16H,2H2,1H3,(H,20,22)/t16-/m1/s1. The Labute approximate surface area is 144 Å². The van der Waals surface area contributed by atoms with Gasteiger partial charge in [-0.1, -0.05) is 41.9 Å². The number of hydrogen-bond acceptors (Lipinski definition) is 4. The third-order valence-electron chi connectivity index (χ3n) is 3.56. The van der Waals surface area contributed by atoms with Gasteiger partial charge >= 0.3 is 5.97 Å². The first kappa shape index (κ1) is 16.2. The lowest BCUT2D eigenvalue weighted by Gasteiger charge is -2.10. The highest BCUT2D eigenvalue weighted by molar-refractivity contribution is 6.32. The molecule has 0 saturated heterocycles. The number of anilines is 1. The van der Waals surface area contributed by atoms with E-state index in [9.17, 15) is 9.59 Å². The smallest absolute Gasteiger partial charge is 0.340 e. The van der Waals surface area contributed by atoms with Crippen LogP contribution in [0, 0.1) is 0 Å². The van der Waals surface area contributed by atoms with Gasteiger partial charge < -0.3 is 10.1 Å². The highest BCUT2D eigenvalue weighted by Crippen LogP contribution is 2.27. The molecule has 0 bridgehead atoms. The summed E-state index contributed by atoms with van der Waals surface area (Å²) in [5, 5.41) is 3.24. The number of fused-ring (bicyclic) bond motifs is 1. The lowest BCUT2D eigenvalue weighted by atomic mass is 10.0. The zero-order valence-corrected chi connectivity index (χ0v) is 13.7. The number of nitrogens with zero attached hydrogens (tertiary/aromatic N) is 1. The first-order valence-corrected chi connectivity index (χ1v) is 7.88. The molecule has 0 unspecified atom stereocenters. The van der Waals surface area contributed by atoms with Crippen LogP contribution in [0.3, 0.4) is 0 Å². The first-order valence-electron chi connectivity index (χ1n) is 7.51. The maximum absolute atomic E-state index is 12.4. The summed E-state index contributed by atoms with van der Waals surface area (Å²) in [6.07, 6.45) is 0. The second-order valence-corrected chi connectivity index (χ2v) is 5.61. The number of nitrogens with one attached hydrogen (secondary N) is 1. The van der Waals surface area contributed by atoms with Crippen molar-refractivity contribution in [1.82, 2.24) is 0 Å². The fourth-order valence-electron chi connectivity index (χ4n) is 2.49. The zero-order valence-electron chi connectivity index (χ0n) is 13.0. The molecule has 6 heteroatoms. The Balaban J connectivity index is 2.18. The summed E-state index contributed by atoms with van der Waals surface area (Å²) in [6.45, 7) is 1.86. The summed E-state index contributed by atoms with van der Waals surface area (Å²) < 4.78 is 4.98. The van der Waals surface area contributed by atoms with Gasteiger partial charge in [0.25, 0.3) is 5.91 Å². The normalized spacial score (nSPS) is 16.5. The molecule has 1 aliphatic rings. The zero-order chi connectivity index (χ0) is 17.1. The number of hydrogen-bond donors (Lipinski definition) is 1. The molecule has 1 amide bonds. The largest absolute Gasteiger partial charge is 0.464 e. The van der Waals surface area contributed by atoms with Crippen LogP contribution in [0.5, 0.6) is 0 Å². The van der Waals surface area contributed by atoms with Crippen molar-refractivity contribution in [2.75, 3.05) is 11.9 Å². The van der Waals surface area contributed by atoms with E-state index in [1.165, 1.54) is 0 Å². The number of ether oxygens (including phenoxy) is 1. The van der Waals surface area contributed by atoms with Gasteiger partial charge in [-0.25, -0.2) is 4.79 Å². The maximum atomic E-state index is 12.4. The van der Waals surface area contributed by atoms with Gasteiger partial charge in [-0.3, -0.25) is 9.79 Å². The Morgan fingerprint density at radius 1 is 1.25 bits per heavy atom. The van der Waals surface area contributed by atoms with Crippen molar-refractivity contribution in [3.63, 3.8) is 0 Å². The van der Waals surface area contributed by atoms with Crippen LogP contribution in [0.4, 0.5) is 5.69 Å². The van der Waals surface area contributed by atoms with Crippen LogP contribution in [0.15, 0.2) is 53.5 Å². The number of esters is 1. The lowest BCUT2D eigenvalue weighted by molar-refractivity contribution is -0.146. The van der Waals surface area contributed by atoms with Crippen LogP contribution in [-0.2, 0) is 14.3 Å². The van der Waals surface area contributed by atoms with Gasteiger partial charge in [0.1, 0.15) is 0 Å². The van der Waals surface area contributed by atoms with E-state index in [0.29, 0.717) is 22.0 Å². The summed E-state index contributed by atoms with van der Waals surface area (Å²) in [5.41, 5.74) is 2.52. The Kier molecular flexibility index (Phi) is 4.62. The predicted molar refractivity (Wildman–Crippen MR) is 92.6 cm³/mol. The Morgan fingerprint density at radius 3 is 2.71 bits per heavy atom. The number of aliphatic imine (C=N–C) groups is 1. The molecule has 1 aliphatic heterocycles. The van der Waals surface area contributed by atoms with E-state index < -0.39 is 17.9 Å². The number of benzodiazepines with no additional fused rings is 1. The van der Waals surface area contributed by atoms with Crippen molar-refractivity contribution in [1.29, 1.82) is 0 Å². The van der Waals surface area contributed by atoms with Crippen molar-refractivity contribution >= 4 is 34.9 Å². The number of rotatable bonds is 3. The lowest BCUT2D eigenvalue weighted by Crippen LogP contribution is -2.34. The third kappa shape index (κ3) is 3.16. The third-order valence-corrected chi connectivity index (χ3v) is 3.79. The van der Waals surface area contributed by atoms with E-state index in [2.05, 4.69) is 10.3 Å². The van der Waals surface area contributed by atoms with Crippen molar-refractivity contribution in [3.05, 3.63) is 64.7 Å². The molecule has 1 heterocycles. The van der Waals surface area contributed by atoms with Crippen molar-refractivity contribution in [2.24, 2.45) is 4.99 Å². The first-order chi connectivity index (χ1) is 11.6. The Morgan fingerprint density at radius 2 is 2.00 bits per heavy atom. The fourth-order valence-corrected chi connectivity index (χ4v) is 2.66. The molecule has 0 aliphatic carbocycles. The van der Waals surface area contributed by atoms with Gasteiger partial charge in [0.2, 0.25) is 6.04 Å². The average molecular weight is 343 g/mol. The second-order valence-electron chi connectivity index (χ2n) is 5.18. The van der Waals surface area contributed by atoms with Gasteiger partial charge in [-0.05, 0) is 25.1 Å². The molecule has 0 aromatic heterocycles. The van der Waals surface area contributed by atoms with E-state index in [1.807, 2.05) is 30.3 Å². The van der Waals surface area contributed by atoms with E-state index in [0.717, 1.165) is 5.56 Å². The second kappa shape index (κ2) is 6.84. The number of halogens is 1. The molecule has 24 heavy (non-hydrogen) atoms. The quantitative estimate of drug-likeness (QED) is 0.688. The number of carbonyl (C=O) groups excluding carboxylic acids is 2. The van der Waals surface area contributed by atoms with Crippen LogP contribution >= 0.6 is 11.6 Å². The monoisotopic (exact) mass is 342 g/mol. The molecule has 0 saturated carbocycles. The topological polar surface area (TPSA) is 67.8 Å². The van der Waals surface area contributed by atoms with Gasteiger partial charge in [-0.2, -0.15) is 0 Å². The van der Waals surface area contributed by atoms with Gasteiger partial charge in [-0.15, -0.1) is 0 Å². The highest BCUT2D eigenvalue weighted by atomic mass is 35.5. The minimum atomic E-state index is -1.26. The van der Waals surface area contributed by atoms with Gasteiger partial charge in [0.05, 0.1) is 18.0 Å². The Hall–Kier alpha value is -2.66. The summed E-state index contributed by atoms with van der Waals surface area (Å²) in [4.78, 5) is 28.9. The molecule has 5 nitrogen and oxygen atoms in total. The van der Waals surface area contributed by atoms with Crippen LogP contribution in [-0.4, -0.2) is 30.2 Å². The minimum Gasteiger partial charge on any atom is -0.464 e. The molecule has 0 radical (unpaired) electrons. The number of carbonyl (C=O) groups is 2. The van der Waals surface area contributed by atoms with Gasteiger partial charge in [0, 0.05) is 16.1 Å². The van der Waals surface area contributed by atoms with Crippen LogP contribution < -0.4 is 5.32 Å². The molecule has 2 aromatic carbocycles. The molecular weight excluding hydrogens is 328 g/mol. The molecule has 1 N–H and O–H groups in total. The molecule has 0 spiro atoms. The summed E-state index contributed by atoms with van der Waals surface area (Å²) >= 11 is 6.11. The van der Waals surface area contributed by atoms with E-state index >= 15 is 0 Å². The number of benzene rings is 2. The minimum absolute atomic E-state index is 0.178. The summed E-state index contributed by atoms with van der Waals surface area (Å²) in [5.74, 6) is -1.20. The van der Waals surface area contributed by atoms with Crippen LogP contribution in [0.1, 0.15) is 18.1 Å². The van der Waals surface area contributed by atoms with Crippen molar-refractivity contribution < 1.29 is 14.3 Å². The van der Waals surface area contributed by atoms with Gasteiger partial charge in [0.15, 0.2) is 0 Å². The Bertz CT molecular complexity index is 818. The van der Waals surface area contributed by atoms with Crippen molar-refractivity contribution in [2.45, 2.75) is 13.0 Å². The molecule has 0 fully saturated rings. The van der Waals surface area contributed by atoms with Crippen LogP contribution in [0.2, 0.25) is 5.02 Å². The van der Waals surface area contributed by atoms with E-state index in [1.54, 1.807) is 25.1 Å². The molecular formula is C18H15ClN2O3. The summed E-state index contributed by atoms with van der Waals surface area (Å²) in [6, 6.07) is 13.2. The molecule has 2 aromatic rings. The maximum Gasteiger partial charge on any atom is 0.340 e. The average Bonchev–Trinajstić information content (AvgIpc) is 2.72. The molecule has 3 rings (SSSR count). The van der Waals surface area contributed by atoms with E-state index in [-0.39, 0.29) is 6.61 Å². The summed E-state index contributed by atoms with van der Waals surface area (Å²) in [7, 11) is 0. The van der Waals surface area contributed by atoms with E-state index in [4.69, 9.17) is 16.3 Å². The predicted octanol–water partition coefficient (Wildman–Crippen LogP) is 3.06. The fraction of sp³-hybridized carbons (Fsp3) is 0.167. The molecule has 1 atom stereocenters. The van der Waals surface area contributed by atoms with Crippen molar-refractivity contribution in [3.8, 4) is 0 Å².